The van der Waals surface area contributed by atoms with Crippen molar-refractivity contribution in [2.75, 3.05) is 0 Å². The van der Waals surface area contributed by atoms with Crippen LogP contribution in [0.5, 0.6) is 0 Å². The van der Waals surface area contributed by atoms with Crippen LogP contribution in [0.2, 0.25) is 0 Å². The van der Waals surface area contributed by atoms with Gasteiger partial charge >= 0.3 is 0 Å². The Morgan fingerprint density at radius 2 is 1.52 bits per heavy atom. The lowest BCUT2D eigenvalue weighted by atomic mass is 10.00. The lowest BCUT2D eigenvalue weighted by molar-refractivity contribution is 0.882. The fourth-order valence-electron chi connectivity index (χ4n) is 3.44. The number of hydrogen-bond donors (Lipinski definition) is 0. The van der Waals surface area contributed by atoms with E-state index < -0.39 is 0 Å². The smallest absolute Gasteiger partial charge is 0.0934 e. The first kappa shape index (κ1) is 17.4. The second-order valence-corrected chi connectivity index (χ2v) is 7.64. The highest BCUT2D eigenvalue weighted by Crippen LogP contribution is 2.31. The maximum atomic E-state index is 4.92. The Kier molecular flexibility index (Phi) is 4.67. The van der Waals surface area contributed by atoms with E-state index in [0.717, 1.165) is 33.4 Å². The first-order valence-electron chi connectivity index (χ1n) is 9.49. The number of nitrogens with zero attached hydrogens (tertiary/aromatic N) is 2. The van der Waals surface area contributed by atoms with Crippen molar-refractivity contribution in [3.63, 3.8) is 0 Å². The predicted octanol–water partition coefficient (Wildman–Crippen LogP) is 6.83. The van der Waals surface area contributed by atoms with Gasteiger partial charge < -0.3 is 0 Å². The summed E-state index contributed by atoms with van der Waals surface area (Å²) in [6.45, 7) is 0. The number of para-hydroxylation sites is 1. The van der Waals surface area contributed by atoms with E-state index in [1.54, 1.807) is 11.3 Å². The molecule has 0 saturated heterocycles. The van der Waals surface area contributed by atoms with Crippen molar-refractivity contribution < 1.29 is 0 Å². The summed E-state index contributed by atoms with van der Waals surface area (Å²) >= 11 is 1.71. The highest BCUT2D eigenvalue weighted by atomic mass is 32.1. The Labute approximate surface area is 173 Å². The molecule has 0 bridgehead atoms. The molecule has 5 rings (SSSR count). The van der Waals surface area contributed by atoms with E-state index in [0.29, 0.717) is 0 Å². The van der Waals surface area contributed by atoms with E-state index in [9.17, 15) is 0 Å². The summed E-state index contributed by atoms with van der Waals surface area (Å²) in [6.07, 6.45) is 2.06. The number of benzene rings is 3. The minimum atomic E-state index is 0.970. The minimum absolute atomic E-state index is 0.970. The molecule has 2 nitrogen and oxygen atoms in total. The van der Waals surface area contributed by atoms with Crippen LogP contribution in [-0.2, 0) is 0 Å². The Balaban J connectivity index is 1.84. The first-order chi connectivity index (χ1) is 14.4. The zero-order valence-electron chi connectivity index (χ0n) is 15.7. The fraction of sp³-hybridized carbons (Fsp3) is 0. The van der Waals surface area contributed by atoms with Gasteiger partial charge in [-0.3, -0.25) is 0 Å². The van der Waals surface area contributed by atoms with Gasteiger partial charge in [-0.1, -0.05) is 72.8 Å². The Hall–Kier alpha value is -3.65. The second-order valence-electron chi connectivity index (χ2n) is 6.66. The summed E-state index contributed by atoms with van der Waals surface area (Å²) < 4.78 is 2.03. The van der Waals surface area contributed by atoms with Gasteiger partial charge in [-0.15, -0.1) is 17.1 Å². The molecular formula is C26H18N2S. The van der Waals surface area contributed by atoms with Gasteiger partial charge in [0.05, 0.1) is 22.5 Å². The summed E-state index contributed by atoms with van der Waals surface area (Å²) in [5.41, 5.74) is 8.77. The summed E-state index contributed by atoms with van der Waals surface area (Å²) in [7, 11) is 0. The third-order valence-corrected chi connectivity index (χ3v) is 5.60. The largest absolute Gasteiger partial charge is 0.231 e. The molecule has 138 valence electrons. The molecule has 0 amide bonds. The number of fused-ring (bicyclic) bond motifs is 1. The van der Waals surface area contributed by atoms with E-state index in [2.05, 4.69) is 83.9 Å². The highest BCUT2D eigenvalue weighted by molar-refractivity contribution is 7.10. The third-order valence-electron chi connectivity index (χ3n) is 4.78. The van der Waals surface area contributed by atoms with Crippen LogP contribution < -0.4 is 0 Å². The Morgan fingerprint density at radius 1 is 0.793 bits per heavy atom. The molecule has 0 radical (unpaired) electrons. The molecule has 0 N–H and O–H groups in total. The van der Waals surface area contributed by atoms with Crippen molar-refractivity contribution in [2.24, 2.45) is 0 Å². The normalized spacial score (nSPS) is 10.6. The highest BCUT2D eigenvalue weighted by Gasteiger charge is 2.17. The van der Waals surface area contributed by atoms with Crippen molar-refractivity contribution in [1.29, 1.82) is 0 Å². The summed E-state index contributed by atoms with van der Waals surface area (Å²) in [5.74, 6) is 0. The van der Waals surface area contributed by atoms with Gasteiger partial charge in [-0.2, -0.15) is 5.10 Å². The molecule has 0 aliphatic carbocycles. The molecule has 0 unspecified atom stereocenters. The Bertz CT molecular complexity index is 1310. The van der Waals surface area contributed by atoms with Crippen molar-refractivity contribution >= 4 is 33.9 Å². The molecule has 2 heterocycles. The molecule has 5 aromatic rings. The monoisotopic (exact) mass is 390 g/mol. The van der Waals surface area contributed by atoms with E-state index in [-0.39, 0.29) is 0 Å². The van der Waals surface area contributed by atoms with E-state index in [1.807, 2.05) is 35.0 Å². The second kappa shape index (κ2) is 7.76. The molecular weight excluding hydrogens is 372 g/mol. The number of thiophene rings is 1. The molecule has 2 aromatic heterocycles. The van der Waals surface area contributed by atoms with Gasteiger partial charge in [0.1, 0.15) is 0 Å². The molecule has 0 saturated carbocycles. The molecule has 3 aromatic carbocycles. The lowest BCUT2D eigenvalue weighted by Crippen LogP contribution is -2.02. The van der Waals surface area contributed by atoms with Gasteiger partial charge in [0.15, 0.2) is 0 Å². The maximum Gasteiger partial charge on any atom is 0.0934 e. The minimum Gasteiger partial charge on any atom is -0.231 e. The number of hydrogen-bond acceptors (Lipinski definition) is 2. The average Bonchev–Trinajstić information content (AvgIpc) is 3.44. The van der Waals surface area contributed by atoms with Crippen molar-refractivity contribution in [1.82, 2.24) is 9.78 Å². The molecule has 0 aliphatic rings. The van der Waals surface area contributed by atoms with Crippen LogP contribution in [0.4, 0.5) is 0 Å². The molecule has 3 heteroatoms. The third kappa shape index (κ3) is 3.45. The summed E-state index contributed by atoms with van der Waals surface area (Å²) in [4.78, 5) is 1.17. The first-order valence-corrected chi connectivity index (χ1v) is 10.4. The molecule has 0 fully saturated rings. The summed E-state index contributed by atoms with van der Waals surface area (Å²) in [5, 5.41) is 8.11. The van der Waals surface area contributed by atoms with Gasteiger partial charge in [0.2, 0.25) is 0 Å². The molecule has 0 atom stereocenters. The maximum absolute atomic E-state index is 4.92. The number of rotatable bonds is 4. The molecule has 0 spiro atoms. The lowest BCUT2D eigenvalue weighted by Gasteiger charge is -2.10. The van der Waals surface area contributed by atoms with Gasteiger partial charge in [-0.25, -0.2) is 4.68 Å². The standard InChI is InChI=1S/C26H18N2S/c1-3-10-20(11-4-1)23(18-17-22-14-9-19-29-22)26-24-15-7-8-16-25(24)27-28(26)21-12-5-2-6-13-21/h1-17,19H. The topological polar surface area (TPSA) is 17.8 Å². The van der Waals surface area contributed by atoms with E-state index in [4.69, 9.17) is 5.10 Å². The van der Waals surface area contributed by atoms with Crippen LogP contribution in [0.15, 0.2) is 108 Å². The van der Waals surface area contributed by atoms with Crippen LogP contribution in [0, 0.1) is 0 Å². The van der Waals surface area contributed by atoms with Crippen LogP contribution >= 0.6 is 11.3 Å². The fourth-order valence-corrected chi connectivity index (χ4v) is 4.04. The van der Waals surface area contributed by atoms with E-state index >= 15 is 0 Å². The molecule has 0 aliphatic heterocycles. The van der Waals surface area contributed by atoms with Gasteiger partial charge in [0.25, 0.3) is 0 Å². The van der Waals surface area contributed by atoms with Crippen molar-refractivity contribution in [2.45, 2.75) is 0 Å². The zero-order valence-corrected chi connectivity index (χ0v) is 16.5. The van der Waals surface area contributed by atoms with Crippen molar-refractivity contribution in [3.8, 4) is 5.69 Å². The van der Waals surface area contributed by atoms with Crippen LogP contribution in [-0.4, -0.2) is 9.78 Å². The number of aromatic nitrogens is 2. The van der Waals surface area contributed by atoms with Crippen LogP contribution in [0.1, 0.15) is 16.1 Å². The summed E-state index contributed by atoms with van der Waals surface area (Å²) in [6, 6.07) is 33.1. The average molecular weight is 391 g/mol. The SMILES string of the molecule is C(=Cc1cccs1)=C(c1ccccc1)c1c2ccccc2nn1-c1ccccc1. The van der Waals surface area contributed by atoms with Gasteiger partial charge in [-0.05, 0) is 41.3 Å². The van der Waals surface area contributed by atoms with Gasteiger partial charge in [0, 0.05) is 10.3 Å². The predicted molar refractivity (Wildman–Crippen MR) is 122 cm³/mol. The van der Waals surface area contributed by atoms with Crippen molar-refractivity contribution in [3.05, 3.63) is 124 Å². The Morgan fingerprint density at radius 3 is 2.28 bits per heavy atom. The van der Waals surface area contributed by atoms with Crippen LogP contribution in [0.25, 0.3) is 28.2 Å². The van der Waals surface area contributed by atoms with Crippen LogP contribution in [0.3, 0.4) is 0 Å². The molecule has 29 heavy (non-hydrogen) atoms. The quantitative estimate of drug-likeness (QED) is 0.308. The zero-order chi connectivity index (χ0) is 19.5. The van der Waals surface area contributed by atoms with E-state index in [1.165, 1.54) is 4.88 Å².